The molecule has 2 N–H and O–H groups in total. The van der Waals surface area contributed by atoms with Crippen LogP contribution in [0.5, 0.6) is 0 Å². The van der Waals surface area contributed by atoms with Gasteiger partial charge in [0.05, 0.1) is 5.75 Å². The third-order valence-corrected chi connectivity index (χ3v) is 5.78. The number of sulfonamides is 1. The second-order valence-electron chi connectivity index (χ2n) is 5.97. The van der Waals surface area contributed by atoms with Gasteiger partial charge < -0.3 is 5.32 Å². The van der Waals surface area contributed by atoms with Gasteiger partial charge in [0, 0.05) is 18.1 Å². The Morgan fingerprint density at radius 3 is 2.29 bits per heavy atom. The molecule has 4 nitrogen and oxygen atoms in total. The standard InChI is InChI=1S/C12H22N2O2S/c15-17(16,6-5-9-1-2-9)14-12-7-10-3-4-11(8-12)13-10/h9-14H,1-8H2. The van der Waals surface area contributed by atoms with Gasteiger partial charge in [-0.05, 0) is 38.0 Å². The van der Waals surface area contributed by atoms with E-state index in [0.29, 0.717) is 23.8 Å². The quantitative estimate of drug-likeness (QED) is 0.773. The Morgan fingerprint density at radius 2 is 1.71 bits per heavy atom. The van der Waals surface area contributed by atoms with Crippen LogP contribution in [0, 0.1) is 5.92 Å². The lowest BCUT2D eigenvalue weighted by molar-refractivity contribution is 0.345. The molecule has 2 heterocycles. The minimum absolute atomic E-state index is 0.179. The normalized spacial score (nSPS) is 37.3. The summed E-state index contributed by atoms with van der Waals surface area (Å²) in [6.07, 6.45) is 7.68. The summed E-state index contributed by atoms with van der Waals surface area (Å²) in [6, 6.07) is 1.27. The summed E-state index contributed by atoms with van der Waals surface area (Å²) < 4.78 is 26.8. The average molecular weight is 258 g/mol. The number of piperidine rings is 1. The van der Waals surface area contributed by atoms with Gasteiger partial charge in [0.2, 0.25) is 10.0 Å². The summed E-state index contributed by atoms with van der Waals surface area (Å²) in [7, 11) is -3.03. The summed E-state index contributed by atoms with van der Waals surface area (Å²) in [5.74, 6) is 1.02. The first-order valence-electron chi connectivity index (χ1n) is 6.87. The molecule has 2 saturated heterocycles. The Hall–Kier alpha value is -0.130. The van der Waals surface area contributed by atoms with Crippen molar-refractivity contribution < 1.29 is 8.42 Å². The third kappa shape index (κ3) is 3.20. The maximum absolute atomic E-state index is 11.9. The molecule has 0 aromatic heterocycles. The van der Waals surface area contributed by atoms with Gasteiger partial charge >= 0.3 is 0 Å². The molecule has 2 atom stereocenters. The minimum Gasteiger partial charge on any atom is -0.311 e. The molecule has 17 heavy (non-hydrogen) atoms. The maximum atomic E-state index is 11.9. The van der Waals surface area contributed by atoms with Gasteiger partial charge in [-0.2, -0.15) is 0 Å². The van der Waals surface area contributed by atoms with Crippen LogP contribution in [0.4, 0.5) is 0 Å². The zero-order valence-electron chi connectivity index (χ0n) is 10.2. The fraction of sp³-hybridized carbons (Fsp3) is 1.00. The predicted octanol–water partition coefficient (Wildman–Crippen LogP) is 0.989. The minimum atomic E-state index is -3.03. The first-order chi connectivity index (χ1) is 8.11. The van der Waals surface area contributed by atoms with Crippen LogP contribution in [-0.2, 0) is 10.0 Å². The van der Waals surface area contributed by atoms with E-state index >= 15 is 0 Å². The highest BCUT2D eigenvalue weighted by atomic mass is 32.2. The monoisotopic (exact) mass is 258 g/mol. The molecular weight excluding hydrogens is 236 g/mol. The molecule has 3 rings (SSSR count). The molecule has 3 aliphatic rings. The zero-order chi connectivity index (χ0) is 11.9. The van der Waals surface area contributed by atoms with Crippen molar-refractivity contribution in [3.8, 4) is 0 Å². The van der Waals surface area contributed by atoms with Crippen molar-refractivity contribution in [1.29, 1.82) is 0 Å². The van der Waals surface area contributed by atoms with E-state index in [1.165, 1.54) is 25.7 Å². The largest absolute Gasteiger partial charge is 0.311 e. The summed E-state index contributed by atoms with van der Waals surface area (Å²) in [6.45, 7) is 0. The topological polar surface area (TPSA) is 58.2 Å². The van der Waals surface area contributed by atoms with Crippen LogP contribution in [-0.4, -0.2) is 32.3 Å². The molecule has 0 radical (unpaired) electrons. The fourth-order valence-electron chi connectivity index (χ4n) is 3.19. The van der Waals surface area contributed by atoms with Gasteiger partial charge in [0.15, 0.2) is 0 Å². The number of nitrogens with one attached hydrogen (secondary N) is 2. The van der Waals surface area contributed by atoms with Gasteiger partial charge in [0.25, 0.3) is 0 Å². The Balaban J connectivity index is 1.51. The summed E-state index contributed by atoms with van der Waals surface area (Å²) in [5, 5.41) is 3.53. The number of rotatable bonds is 5. The molecule has 2 bridgehead atoms. The Kier molecular flexibility index (Phi) is 3.17. The van der Waals surface area contributed by atoms with Crippen molar-refractivity contribution in [3.05, 3.63) is 0 Å². The maximum Gasteiger partial charge on any atom is 0.211 e. The first-order valence-corrected chi connectivity index (χ1v) is 8.52. The van der Waals surface area contributed by atoms with Gasteiger partial charge in [-0.3, -0.25) is 0 Å². The second-order valence-corrected chi connectivity index (χ2v) is 7.85. The van der Waals surface area contributed by atoms with E-state index in [1.54, 1.807) is 0 Å². The highest BCUT2D eigenvalue weighted by molar-refractivity contribution is 7.89. The molecular formula is C12H22N2O2S. The Labute approximate surface area is 104 Å². The molecule has 0 aromatic carbocycles. The van der Waals surface area contributed by atoms with Crippen molar-refractivity contribution >= 4 is 10.0 Å². The molecule has 3 fully saturated rings. The van der Waals surface area contributed by atoms with E-state index < -0.39 is 10.0 Å². The van der Waals surface area contributed by atoms with E-state index in [9.17, 15) is 8.42 Å². The predicted molar refractivity (Wildman–Crippen MR) is 67.2 cm³/mol. The molecule has 98 valence electrons. The highest BCUT2D eigenvalue weighted by Crippen LogP contribution is 2.32. The molecule has 1 aliphatic carbocycles. The van der Waals surface area contributed by atoms with E-state index in [-0.39, 0.29) is 6.04 Å². The fourth-order valence-corrected chi connectivity index (χ4v) is 4.66. The van der Waals surface area contributed by atoms with E-state index in [4.69, 9.17) is 0 Å². The molecule has 1 saturated carbocycles. The zero-order valence-corrected chi connectivity index (χ0v) is 11.0. The van der Waals surface area contributed by atoms with Crippen molar-refractivity contribution in [2.24, 2.45) is 5.92 Å². The SMILES string of the molecule is O=S(=O)(CCC1CC1)NC1CC2CCC(C1)N2. The van der Waals surface area contributed by atoms with Gasteiger partial charge in [-0.15, -0.1) is 0 Å². The second kappa shape index (κ2) is 4.52. The molecule has 5 heteroatoms. The van der Waals surface area contributed by atoms with E-state index in [0.717, 1.165) is 19.3 Å². The summed E-state index contributed by atoms with van der Waals surface area (Å²) in [4.78, 5) is 0. The molecule has 0 aromatic rings. The summed E-state index contributed by atoms with van der Waals surface area (Å²) >= 11 is 0. The lowest BCUT2D eigenvalue weighted by atomic mass is 10.0. The van der Waals surface area contributed by atoms with E-state index in [2.05, 4.69) is 10.0 Å². The van der Waals surface area contributed by atoms with Crippen molar-refractivity contribution in [1.82, 2.24) is 10.0 Å². The Bertz CT molecular complexity index is 366. The first kappa shape index (κ1) is 11.9. The smallest absolute Gasteiger partial charge is 0.211 e. The van der Waals surface area contributed by atoms with Crippen LogP contribution in [0.25, 0.3) is 0 Å². The number of hydrogen-bond acceptors (Lipinski definition) is 3. The molecule has 2 unspecified atom stereocenters. The van der Waals surface area contributed by atoms with Crippen molar-refractivity contribution in [2.75, 3.05) is 5.75 Å². The van der Waals surface area contributed by atoms with Gasteiger partial charge in [0.1, 0.15) is 0 Å². The molecule has 2 aliphatic heterocycles. The van der Waals surface area contributed by atoms with Crippen LogP contribution >= 0.6 is 0 Å². The Morgan fingerprint density at radius 1 is 1.06 bits per heavy atom. The van der Waals surface area contributed by atoms with E-state index in [1.807, 2.05) is 0 Å². The van der Waals surface area contributed by atoms with Crippen LogP contribution in [0.2, 0.25) is 0 Å². The third-order valence-electron chi connectivity index (χ3n) is 4.31. The van der Waals surface area contributed by atoms with Crippen LogP contribution in [0.3, 0.4) is 0 Å². The van der Waals surface area contributed by atoms with Crippen molar-refractivity contribution in [2.45, 2.75) is 63.1 Å². The molecule has 0 spiro atoms. The average Bonchev–Trinajstić information content (AvgIpc) is 3.02. The lowest BCUT2D eigenvalue weighted by Gasteiger charge is -2.29. The highest BCUT2D eigenvalue weighted by Gasteiger charge is 2.35. The van der Waals surface area contributed by atoms with Crippen LogP contribution < -0.4 is 10.0 Å². The summed E-state index contributed by atoms with van der Waals surface area (Å²) in [5.41, 5.74) is 0. The van der Waals surface area contributed by atoms with Crippen LogP contribution in [0.15, 0.2) is 0 Å². The lowest BCUT2D eigenvalue weighted by Crippen LogP contribution is -2.48. The van der Waals surface area contributed by atoms with Gasteiger partial charge in [-0.25, -0.2) is 13.1 Å². The van der Waals surface area contributed by atoms with Gasteiger partial charge in [-0.1, -0.05) is 12.8 Å². The number of fused-ring (bicyclic) bond motifs is 2. The number of hydrogen-bond donors (Lipinski definition) is 2. The van der Waals surface area contributed by atoms with Crippen LogP contribution in [0.1, 0.15) is 44.9 Å². The van der Waals surface area contributed by atoms with Crippen molar-refractivity contribution in [3.63, 3.8) is 0 Å². The molecule has 0 amide bonds.